The summed E-state index contributed by atoms with van der Waals surface area (Å²) in [5.41, 5.74) is 3.23. The first kappa shape index (κ1) is 19.0. The van der Waals surface area contributed by atoms with Crippen LogP contribution >= 0.6 is 11.6 Å². The Morgan fingerprint density at radius 1 is 0.889 bits per heavy atom. The fraction of sp³-hybridized carbons (Fsp3) is 0.174. The van der Waals surface area contributed by atoms with Gasteiger partial charge in [0.05, 0.1) is 6.04 Å². The third-order valence-electron chi connectivity index (χ3n) is 4.33. The Hall–Kier alpha value is -2.78. The van der Waals surface area contributed by atoms with Crippen molar-refractivity contribution in [3.8, 4) is 5.75 Å². The highest BCUT2D eigenvalue weighted by Crippen LogP contribution is 2.23. The molecule has 4 heteroatoms. The number of ether oxygens (including phenoxy) is 1. The Balaban J connectivity index is 1.77. The van der Waals surface area contributed by atoms with Crippen molar-refractivity contribution in [2.45, 2.75) is 26.0 Å². The summed E-state index contributed by atoms with van der Waals surface area (Å²) >= 11 is 5.89. The molecular weight excluding hydrogens is 358 g/mol. The van der Waals surface area contributed by atoms with Crippen LogP contribution in [0.5, 0.6) is 5.75 Å². The first-order chi connectivity index (χ1) is 13.0. The molecule has 0 saturated heterocycles. The van der Waals surface area contributed by atoms with Gasteiger partial charge in [-0.25, -0.2) is 0 Å². The van der Waals surface area contributed by atoms with Crippen LogP contribution in [-0.4, -0.2) is 12.0 Å². The molecule has 0 aromatic heterocycles. The smallest absolute Gasteiger partial charge is 0.261 e. The van der Waals surface area contributed by atoms with Gasteiger partial charge < -0.3 is 10.1 Å². The number of rotatable bonds is 6. The van der Waals surface area contributed by atoms with Gasteiger partial charge in [-0.05, 0) is 49.2 Å². The van der Waals surface area contributed by atoms with Gasteiger partial charge in [0.15, 0.2) is 6.10 Å². The second kappa shape index (κ2) is 8.74. The highest BCUT2D eigenvalue weighted by Gasteiger charge is 2.21. The summed E-state index contributed by atoms with van der Waals surface area (Å²) < 4.78 is 5.75. The van der Waals surface area contributed by atoms with Crippen molar-refractivity contribution < 1.29 is 9.53 Å². The van der Waals surface area contributed by atoms with E-state index in [2.05, 4.69) is 5.32 Å². The minimum absolute atomic E-state index is 0.181. The van der Waals surface area contributed by atoms with Gasteiger partial charge in [0, 0.05) is 5.02 Å². The number of amides is 1. The maximum absolute atomic E-state index is 12.8. The van der Waals surface area contributed by atoms with Crippen molar-refractivity contribution in [2.75, 3.05) is 0 Å². The summed E-state index contributed by atoms with van der Waals surface area (Å²) in [6.45, 7) is 3.78. The van der Waals surface area contributed by atoms with Crippen LogP contribution in [-0.2, 0) is 4.79 Å². The van der Waals surface area contributed by atoms with Crippen molar-refractivity contribution in [1.82, 2.24) is 5.32 Å². The molecule has 1 N–H and O–H groups in total. The highest BCUT2D eigenvalue weighted by molar-refractivity contribution is 6.30. The number of hydrogen-bond donors (Lipinski definition) is 1. The largest absolute Gasteiger partial charge is 0.481 e. The normalized spacial score (nSPS) is 12.9. The molecule has 0 aliphatic heterocycles. The van der Waals surface area contributed by atoms with Crippen LogP contribution in [0.4, 0.5) is 0 Å². The molecular formula is C23H22ClNO2. The number of hydrogen-bond acceptors (Lipinski definition) is 2. The van der Waals surface area contributed by atoms with Gasteiger partial charge >= 0.3 is 0 Å². The minimum Gasteiger partial charge on any atom is -0.481 e. The standard InChI is InChI=1S/C23H22ClNO2/c1-16-8-10-19(11-9-16)22(18-6-4-3-5-7-18)25-23(26)17(2)27-21-14-12-20(24)13-15-21/h3-15,17,22H,1-2H3,(H,25,26)/t17-,22-/m0/s1. The summed E-state index contributed by atoms with van der Waals surface area (Å²) in [6, 6.07) is 24.8. The summed E-state index contributed by atoms with van der Waals surface area (Å²) in [5, 5.41) is 3.74. The van der Waals surface area contributed by atoms with Gasteiger partial charge in [-0.3, -0.25) is 4.79 Å². The maximum Gasteiger partial charge on any atom is 0.261 e. The van der Waals surface area contributed by atoms with Crippen molar-refractivity contribution >= 4 is 17.5 Å². The van der Waals surface area contributed by atoms with Crippen LogP contribution in [0, 0.1) is 6.92 Å². The Morgan fingerprint density at radius 3 is 2.11 bits per heavy atom. The predicted octanol–water partition coefficient (Wildman–Crippen LogP) is 5.32. The minimum atomic E-state index is -0.636. The lowest BCUT2D eigenvalue weighted by atomic mass is 9.97. The lowest BCUT2D eigenvalue weighted by Crippen LogP contribution is -2.39. The third kappa shape index (κ3) is 5.11. The second-order valence-corrected chi connectivity index (χ2v) is 6.91. The van der Waals surface area contributed by atoms with E-state index in [9.17, 15) is 4.79 Å². The molecule has 3 aromatic rings. The van der Waals surface area contributed by atoms with Crippen LogP contribution in [0.2, 0.25) is 5.02 Å². The molecule has 138 valence electrons. The first-order valence-electron chi connectivity index (χ1n) is 8.87. The molecule has 0 unspecified atom stereocenters. The molecule has 0 aliphatic rings. The van der Waals surface area contributed by atoms with Gasteiger partial charge in [0.25, 0.3) is 5.91 Å². The number of aryl methyl sites for hydroxylation is 1. The lowest BCUT2D eigenvalue weighted by molar-refractivity contribution is -0.127. The van der Waals surface area contributed by atoms with Crippen LogP contribution in [0.25, 0.3) is 0 Å². The fourth-order valence-electron chi connectivity index (χ4n) is 2.79. The Bertz CT molecular complexity index is 877. The zero-order valence-corrected chi connectivity index (χ0v) is 16.1. The number of halogens is 1. The number of benzene rings is 3. The van der Waals surface area contributed by atoms with Gasteiger partial charge in [-0.15, -0.1) is 0 Å². The first-order valence-corrected chi connectivity index (χ1v) is 9.25. The quantitative estimate of drug-likeness (QED) is 0.629. The van der Waals surface area contributed by atoms with Crippen molar-refractivity contribution in [3.63, 3.8) is 0 Å². The summed E-state index contributed by atoms with van der Waals surface area (Å²) in [7, 11) is 0. The molecule has 0 heterocycles. The summed E-state index contributed by atoms with van der Waals surface area (Å²) in [4.78, 5) is 12.8. The average Bonchev–Trinajstić information content (AvgIpc) is 2.69. The monoisotopic (exact) mass is 379 g/mol. The number of carbonyl (C=O) groups excluding carboxylic acids is 1. The zero-order chi connectivity index (χ0) is 19.2. The van der Waals surface area contributed by atoms with Gasteiger partial charge in [0.1, 0.15) is 5.75 Å². The average molecular weight is 380 g/mol. The molecule has 0 spiro atoms. The van der Waals surface area contributed by atoms with E-state index < -0.39 is 6.10 Å². The van der Waals surface area contributed by atoms with E-state index >= 15 is 0 Å². The molecule has 0 bridgehead atoms. The van der Waals surface area contributed by atoms with Crippen LogP contribution < -0.4 is 10.1 Å². The summed E-state index contributed by atoms with van der Waals surface area (Å²) in [6.07, 6.45) is -0.636. The van der Waals surface area contributed by atoms with Gasteiger partial charge in [-0.2, -0.15) is 0 Å². The summed E-state index contributed by atoms with van der Waals surface area (Å²) in [5.74, 6) is 0.424. The van der Waals surface area contributed by atoms with E-state index in [1.54, 1.807) is 31.2 Å². The van der Waals surface area contributed by atoms with Crippen LogP contribution in [0.3, 0.4) is 0 Å². The van der Waals surface area contributed by atoms with Gasteiger partial charge in [0.2, 0.25) is 0 Å². The van der Waals surface area contributed by atoms with E-state index in [-0.39, 0.29) is 11.9 Å². The van der Waals surface area contributed by atoms with Crippen molar-refractivity contribution in [1.29, 1.82) is 0 Å². The Morgan fingerprint density at radius 2 is 1.48 bits per heavy atom. The van der Waals surface area contributed by atoms with Gasteiger partial charge in [-0.1, -0.05) is 71.8 Å². The molecule has 0 fully saturated rings. The van der Waals surface area contributed by atoms with E-state index in [0.717, 1.165) is 11.1 Å². The molecule has 0 radical (unpaired) electrons. The van der Waals surface area contributed by atoms with Crippen LogP contribution in [0.1, 0.15) is 29.7 Å². The number of carbonyl (C=O) groups is 1. The van der Waals surface area contributed by atoms with Crippen molar-refractivity contribution in [3.05, 3.63) is 101 Å². The molecule has 3 rings (SSSR count). The topological polar surface area (TPSA) is 38.3 Å². The van der Waals surface area contributed by atoms with Crippen molar-refractivity contribution in [2.24, 2.45) is 0 Å². The molecule has 0 saturated carbocycles. The molecule has 1 amide bonds. The fourth-order valence-corrected chi connectivity index (χ4v) is 2.92. The van der Waals surface area contributed by atoms with Crippen LogP contribution in [0.15, 0.2) is 78.9 Å². The van der Waals surface area contributed by atoms with E-state index in [1.807, 2.05) is 61.5 Å². The highest BCUT2D eigenvalue weighted by atomic mass is 35.5. The molecule has 27 heavy (non-hydrogen) atoms. The van der Waals surface area contributed by atoms with E-state index in [1.165, 1.54) is 5.56 Å². The maximum atomic E-state index is 12.8. The predicted molar refractivity (Wildman–Crippen MR) is 109 cm³/mol. The van der Waals surface area contributed by atoms with E-state index in [0.29, 0.717) is 10.8 Å². The van der Waals surface area contributed by atoms with E-state index in [4.69, 9.17) is 16.3 Å². The molecule has 0 aliphatic carbocycles. The molecule has 3 nitrogen and oxygen atoms in total. The number of nitrogens with one attached hydrogen (secondary N) is 1. The Labute approximate surface area is 164 Å². The SMILES string of the molecule is Cc1ccc([C@@H](NC(=O)[C@H](C)Oc2ccc(Cl)cc2)c2ccccc2)cc1. The molecule has 2 atom stereocenters. The molecule has 3 aromatic carbocycles. The Kier molecular flexibility index (Phi) is 6.15. The zero-order valence-electron chi connectivity index (χ0n) is 15.4. The lowest BCUT2D eigenvalue weighted by Gasteiger charge is -2.23. The third-order valence-corrected chi connectivity index (χ3v) is 4.58. The second-order valence-electron chi connectivity index (χ2n) is 6.48.